The van der Waals surface area contributed by atoms with E-state index in [1.54, 1.807) is 0 Å². The average molecular weight is 365 g/mol. The Morgan fingerprint density at radius 2 is 0.654 bits per heavy atom. The van der Waals surface area contributed by atoms with Gasteiger partial charge in [0.15, 0.2) is 0 Å². The summed E-state index contributed by atoms with van der Waals surface area (Å²) < 4.78 is 0. The molecule has 0 saturated heterocycles. The molecule has 4 saturated carbocycles. The van der Waals surface area contributed by atoms with Gasteiger partial charge in [-0.05, 0) is 38.5 Å². The van der Waals surface area contributed by atoms with Crippen molar-refractivity contribution in [2.75, 3.05) is 0 Å². The van der Waals surface area contributed by atoms with Gasteiger partial charge >= 0.3 is 0 Å². The van der Waals surface area contributed by atoms with E-state index in [0.29, 0.717) is 6.04 Å². The lowest BCUT2D eigenvalue weighted by molar-refractivity contribution is 0.291. The molecule has 0 aromatic heterocycles. The molecule has 0 bridgehead atoms. The molecule has 4 fully saturated rings. The zero-order valence-corrected chi connectivity index (χ0v) is 17.7. The highest BCUT2D eigenvalue weighted by molar-refractivity contribution is 4.79. The summed E-state index contributed by atoms with van der Waals surface area (Å²) in [6, 6.07) is 2.28. The molecule has 0 aliphatic heterocycles. The fraction of sp³-hybridized carbons (Fsp3) is 1.00. The standard InChI is InChI=1S/C12H23N.C6H13N.C6H12/c1-3-7-11(8-4-1)13-12-9-5-2-6-10-12;7-6-4-2-1-3-5-6;1-2-4-6-5-3-1/h11-13H,1-10H2;6H,1-5,7H2;1-6H2. The molecule has 2 nitrogen and oxygen atoms in total. The average Bonchev–Trinajstić information content (AvgIpc) is 2.72. The van der Waals surface area contributed by atoms with Crippen molar-refractivity contribution in [2.45, 2.75) is 153 Å². The summed E-state index contributed by atoms with van der Waals surface area (Å²) in [5.74, 6) is 0. The van der Waals surface area contributed by atoms with Crippen molar-refractivity contribution in [1.29, 1.82) is 0 Å². The summed E-state index contributed by atoms with van der Waals surface area (Å²) in [5, 5.41) is 3.86. The molecule has 3 N–H and O–H groups in total. The highest BCUT2D eigenvalue weighted by Gasteiger charge is 2.19. The smallest absolute Gasteiger partial charge is 0.00696 e. The predicted molar refractivity (Wildman–Crippen MR) is 116 cm³/mol. The van der Waals surface area contributed by atoms with Crippen molar-refractivity contribution < 1.29 is 0 Å². The molecular weight excluding hydrogens is 316 g/mol. The number of nitrogens with two attached hydrogens (primary N) is 1. The van der Waals surface area contributed by atoms with Gasteiger partial charge in [0, 0.05) is 18.1 Å². The Kier molecular flexibility index (Phi) is 12.7. The van der Waals surface area contributed by atoms with Crippen LogP contribution >= 0.6 is 0 Å². The third kappa shape index (κ3) is 10.9. The van der Waals surface area contributed by atoms with Gasteiger partial charge in [0.2, 0.25) is 0 Å². The van der Waals surface area contributed by atoms with Gasteiger partial charge in [0.05, 0.1) is 0 Å². The summed E-state index contributed by atoms with van der Waals surface area (Å²) >= 11 is 0. The van der Waals surface area contributed by atoms with Crippen molar-refractivity contribution in [1.82, 2.24) is 5.32 Å². The van der Waals surface area contributed by atoms with Crippen LogP contribution < -0.4 is 11.1 Å². The van der Waals surface area contributed by atoms with Crippen LogP contribution in [-0.4, -0.2) is 18.1 Å². The lowest BCUT2D eigenvalue weighted by atomic mass is 9.91. The lowest BCUT2D eigenvalue weighted by Gasteiger charge is -2.30. The zero-order valence-electron chi connectivity index (χ0n) is 17.7. The van der Waals surface area contributed by atoms with Gasteiger partial charge in [0.25, 0.3) is 0 Å². The molecule has 26 heavy (non-hydrogen) atoms. The molecule has 0 radical (unpaired) electrons. The second kappa shape index (κ2) is 14.9. The zero-order chi connectivity index (χ0) is 18.3. The van der Waals surface area contributed by atoms with Crippen LogP contribution in [0.2, 0.25) is 0 Å². The van der Waals surface area contributed by atoms with E-state index in [-0.39, 0.29) is 0 Å². The molecule has 4 rings (SSSR count). The molecule has 4 aliphatic carbocycles. The van der Waals surface area contributed by atoms with Gasteiger partial charge in [-0.15, -0.1) is 0 Å². The Balaban J connectivity index is 0.000000157. The van der Waals surface area contributed by atoms with Crippen LogP contribution in [0, 0.1) is 0 Å². The number of hydrogen-bond acceptors (Lipinski definition) is 2. The third-order valence-corrected chi connectivity index (χ3v) is 6.83. The highest BCUT2D eigenvalue weighted by Crippen LogP contribution is 2.22. The summed E-state index contributed by atoms with van der Waals surface area (Å²) in [6.07, 6.45) is 30.2. The molecule has 0 heterocycles. The van der Waals surface area contributed by atoms with E-state index in [1.165, 1.54) is 135 Å². The Morgan fingerprint density at radius 1 is 0.385 bits per heavy atom. The fourth-order valence-electron chi connectivity index (χ4n) is 5.07. The van der Waals surface area contributed by atoms with Crippen molar-refractivity contribution in [3.63, 3.8) is 0 Å². The van der Waals surface area contributed by atoms with Gasteiger partial charge in [0.1, 0.15) is 0 Å². The molecule has 0 atom stereocenters. The first kappa shape index (κ1) is 22.2. The minimum absolute atomic E-state index is 0.536. The highest BCUT2D eigenvalue weighted by atomic mass is 14.9. The van der Waals surface area contributed by atoms with Gasteiger partial charge < -0.3 is 11.1 Å². The molecule has 2 heteroatoms. The Hall–Kier alpha value is -0.0800. The van der Waals surface area contributed by atoms with Crippen molar-refractivity contribution in [3.8, 4) is 0 Å². The summed E-state index contributed by atoms with van der Waals surface area (Å²) in [6.45, 7) is 0. The summed E-state index contributed by atoms with van der Waals surface area (Å²) in [4.78, 5) is 0. The van der Waals surface area contributed by atoms with E-state index in [1.807, 2.05) is 0 Å². The number of nitrogens with one attached hydrogen (secondary N) is 1. The Bertz CT molecular complexity index is 268. The molecule has 4 aliphatic rings. The van der Waals surface area contributed by atoms with Gasteiger partial charge in [-0.2, -0.15) is 0 Å². The normalized spacial score (nSPS) is 26.2. The van der Waals surface area contributed by atoms with E-state index in [0.717, 1.165) is 12.1 Å². The number of hydrogen-bond donors (Lipinski definition) is 2. The van der Waals surface area contributed by atoms with Gasteiger partial charge in [-0.1, -0.05) is 96.3 Å². The van der Waals surface area contributed by atoms with Crippen LogP contribution in [-0.2, 0) is 0 Å². The van der Waals surface area contributed by atoms with Crippen LogP contribution in [0.4, 0.5) is 0 Å². The first-order valence-electron chi connectivity index (χ1n) is 12.4. The lowest BCUT2D eigenvalue weighted by Crippen LogP contribution is -2.40. The SMILES string of the molecule is C1CCC(NC2CCCCC2)CC1.C1CCCCC1.NC1CCCCC1. The molecule has 0 unspecified atom stereocenters. The molecule has 0 spiro atoms. The van der Waals surface area contributed by atoms with Gasteiger partial charge in [-0.25, -0.2) is 0 Å². The first-order chi connectivity index (χ1) is 12.8. The second-order valence-electron chi connectivity index (χ2n) is 9.36. The van der Waals surface area contributed by atoms with Crippen LogP contribution in [0.1, 0.15) is 135 Å². The maximum Gasteiger partial charge on any atom is 0.00696 e. The maximum absolute atomic E-state index is 5.63. The quantitative estimate of drug-likeness (QED) is 0.561. The van der Waals surface area contributed by atoms with Crippen LogP contribution in [0.3, 0.4) is 0 Å². The van der Waals surface area contributed by atoms with E-state index < -0.39 is 0 Å². The third-order valence-electron chi connectivity index (χ3n) is 6.83. The van der Waals surface area contributed by atoms with Gasteiger partial charge in [-0.3, -0.25) is 0 Å². The number of rotatable bonds is 2. The molecule has 0 aromatic rings. The summed E-state index contributed by atoms with van der Waals surface area (Å²) in [7, 11) is 0. The van der Waals surface area contributed by atoms with E-state index in [9.17, 15) is 0 Å². The Labute approximate surface area is 164 Å². The monoisotopic (exact) mass is 364 g/mol. The molecule has 0 aromatic carbocycles. The first-order valence-corrected chi connectivity index (χ1v) is 12.4. The molecule has 154 valence electrons. The van der Waals surface area contributed by atoms with Crippen molar-refractivity contribution in [3.05, 3.63) is 0 Å². The largest absolute Gasteiger partial charge is 0.328 e. The molecular formula is C24H48N2. The molecule has 0 amide bonds. The minimum Gasteiger partial charge on any atom is -0.328 e. The fourth-order valence-corrected chi connectivity index (χ4v) is 5.07. The van der Waals surface area contributed by atoms with Crippen LogP contribution in [0.15, 0.2) is 0 Å². The van der Waals surface area contributed by atoms with E-state index >= 15 is 0 Å². The topological polar surface area (TPSA) is 38.0 Å². The minimum atomic E-state index is 0.536. The second-order valence-corrected chi connectivity index (χ2v) is 9.36. The van der Waals surface area contributed by atoms with Crippen LogP contribution in [0.25, 0.3) is 0 Å². The van der Waals surface area contributed by atoms with E-state index in [2.05, 4.69) is 5.32 Å². The Morgan fingerprint density at radius 3 is 0.923 bits per heavy atom. The van der Waals surface area contributed by atoms with Crippen molar-refractivity contribution >= 4 is 0 Å². The maximum atomic E-state index is 5.63. The van der Waals surface area contributed by atoms with Crippen LogP contribution in [0.5, 0.6) is 0 Å². The predicted octanol–water partition coefficient (Wildman–Crippen LogP) is 6.86. The summed E-state index contributed by atoms with van der Waals surface area (Å²) in [5.41, 5.74) is 5.63. The van der Waals surface area contributed by atoms with Crippen molar-refractivity contribution in [2.24, 2.45) is 5.73 Å². The van der Waals surface area contributed by atoms with E-state index in [4.69, 9.17) is 5.73 Å².